The monoisotopic (exact) mass is 484 g/mol. The van der Waals surface area contributed by atoms with Gasteiger partial charge in [0.05, 0.1) is 6.10 Å². The Kier molecular flexibility index (Phi) is 6.58. The molecule has 1 saturated carbocycles. The average molecular weight is 484 g/mol. The third-order valence-electron chi connectivity index (χ3n) is 5.96. The second-order valence-corrected chi connectivity index (χ2v) is 8.24. The number of hydrogen-bond acceptors (Lipinski definition) is 2. The maximum absolute atomic E-state index is 14.7. The van der Waals surface area contributed by atoms with Crippen molar-refractivity contribution in [3.63, 3.8) is 0 Å². The van der Waals surface area contributed by atoms with E-state index in [4.69, 9.17) is 0 Å². The minimum Gasteiger partial charge on any atom is -0.429 e. The molecule has 4 rings (SSSR count). The Morgan fingerprint density at radius 1 is 0.765 bits per heavy atom. The van der Waals surface area contributed by atoms with Crippen LogP contribution in [0, 0.1) is 35.0 Å². The van der Waals surface area contributed by atoms with Crippen molar-refractivity contribution < 1.29 is 40.6 Å². The summed E-state index contributed by atoms with van der Waals surface area (Å²) in [4.78, 5) is 0. The predicted molar refractivity (Wildman–Crippen MR) is 110 cm³/mol. The normalized spacial score (nSPS) is 15.5. The van der Waals surface area contributed by atoms with Gasteiger partial charge in [-0.3, -0.25) is 0 Å². The van der Waals surface area contributed by atoms with Crippen LogP contribution in [0.25, 0.3) is 11.1 Å². The van der Waals surface area contributed by atoms with Crippen LogP contribution in [0.1, 0.15) is 42.9 Å². The van der Waals surface area contributed by atoms with Gasteiger partial charge in [0.25, 0.3) is 0 Å². The molecule has 0 bridgehead atoms. The Morgan fingerprint density at radius 3 is 2.00 bits per heavy atom. The molecule has 3 aromatic rings. The summed E-state index contributed by atoms with van der Waals surface area (Å²) < 4.78 is 103. The lowest BCUT2D eigenvalue weighted by Gasteiger charge is -2.20. The number of aliphatic hydroxyl groups is 1. The fourth-order valence-corrected chi connectivity index (χ4v) is 4.24. The van der Waals surface area contributed by atoms with Crippen LogP contribution >= 0.6 is 0 Å². The maximum Gasteiger partial charge on any atom is 0.432 e. The Hall–Kier alpha value is -3.07. The van der Waals surface area contributed by atoms with Gasteiger partial charge in [0, 0.05) is 11.6 Å². The highest BCUT2D eigenvalue weighted by molar-refractivity contribution is 5.65. The number of aliphatic hydroxyl groups excluding tert-OH is 1. The molecule has 0 amide bonds. The van der Waals surface area contributed by atoms with Crippen molar-refractivity contribution in [3.05, 3.63) is 88.7 Å². The van der Waals surface area contributed by atoms with Gasteiger partial charge in [0.15, 0.2) is 11.6 Å². The molecule has 0 saturated heterocycles. The van der Waals surface area contributed by atoms with Gasteiger partial charge >= 0.3 is 6.11 Å². The molecule has 1 atom stereocenters. The highest BCUT2D eigenvalue weighted by Gasteiger charge is 2.41. The lowest BCUT2D eigenvalue weighted by Crippen LogP contribution is -2.25. The highest BCUT2D eigenvalue weighted by Crippen LogP contribution is 2.39. The van der Waals surface area contributed by atoms with Gasteiger partial charge in [0.1, 0.15) is 28.8 Å². The summed E-state index contributed by atoms with van der Waals surface area (Å²) in [6.07, 6.45) is -1.90. The maximum atomic E-state index is 14.7. The van der Waals surface area contributed by atoms with Crippen molar-refractivity contribution in [1.82, 2.24) is 0 Å². The van der Waals surface area contributed by atoms with E-state index in [0.29, 0.717) is 35.9 Å². The smallest absolute Gasteiger partial charge is 0.429 e. The molecular formula is C25H19F7O2. The molecule has 1 aliphatic carbocycles. The Balaban J connectivity index is 1.62. The van der Waals surface area contributed by atoms with Gasteiger partial charge in [-0.15, -0.1) is 0 Å². The van der Waals surface area contributed by atoms with Crippen molar-refractivity contribution in [2.75, 3.05) is 0 Å². The summed E-state index contributed by atoms with van der Waals surface area (Å²) >= 11 is 0. The van der Waals surface area contributed by atoms with Crippen LogP contribution in [-0.4, -0.2) is 5.11 Å². The minimum absolute atomic E-state index is 0.00349. The van der Waals surface area contributed by atoms with Crippen molar-refractivity contribution >= 4 is 0 Å². The van der Waals surface area contributed by atoms with Crippen molar-refractivity contribution in [2.24, 2.45) is 5.92 Å². The summed E-state index contributed by atoms with van der Waals surface area (Å²) in [5.41, 5.74) is -2.05. The van der Waals surface area contributed by atoms with E-state index in [-0.39, 0.29) is 17.0 Å². The Bertz CT molecular complexity index is 1180. The number of hydrogen-bond donors (Lipinski definition) is 1. The molecule has 0 radical (unpaired) electrons. The first-order valence-corrected chi connectivity index (χ1v) is 10.6. The Labute approximate surface area is 190 Å². The van der Waals surface area contributed by atoms with Crippen molar-refractivity contribution in [1.29, 1.82) is 0 Å². The second kappa shape index (κ2) is 9.29. The summed E-state index contributed by atoms with van der Waals surface area (Å²) in [5, 5.41) is 10.4. The zero-order valence-electron chi connectivity index (χ0n) is 17.6. The summed E-state index contributed by atoms with van der Waals surface area (Å²) in [5.74, 6) is -7.99. The van der Waals surface area contributed by atoms with Crippen LogP contribution in [0.3, 0.4) is 0 Å². The van der Waals surface area contributed by atoms with Crippen molar-refractivity contribution in [3.8, 4) is 16.9 Å². The largest absolute Gasteiger partial charge is 0.432 e. The van der Waals surface area contributed by atoms with Gasteiger partial charge in [-0.25, -0.2) is 22.0 Å². The number of benzene rings is 3. The average Bonchev–Trinajstić information content (AvgIpc) is 3.29. The van der Waals surface area contributed by atoms with E-state index in [1.54, 1.807) is 0 Å². The third-order valence-corrected chi connectivity index (χ3v) is 5.96. The first-order valence-electron chi connectivity index (χ1n) is 10.6. The quantitative estimate of drug-likeness (QED) is 0.370. The van der Waals surface area contributed by atoms with Gasteiger partial charge < -0.3 is 9.84 Å². The molecule has 0 aromatic heterocycles. The van der Waals surface area contributed by atoms with E-state index >= 15 is 0 Å². The van der Waals surface area contributed by atoms with Gasteiger partial charge in [-0.1, -0.05) is 25.0 Å². The molecular weight excluding hydrogens is 465 g/mol. The summed E-state index contributed by atoms with van der Waals surface area (Å²) in [6.45, 7) is 0. The SMILES string of the molecule is OC(c1ccc(-c2cc(F)c(C(F)(F)Oc3ccc(F)c(F)c3)c(F)c2)c(F)c1)C1CCCC1. The lowest BCUT2D eigenvalue weighted by molar-refractivity contribution is -0.189. The fourth-order valence-electron chi connectivity index (χ4n) is 4.24. The first-order chi connectivity index (χ1) is 16.1. The molecule has 180 valence electrons. The number of ether oxygens (including phenoxy) is 1. The van der Waals surface area contributed by atoms with Crippen LogP contribution in [0.5, 0.6) is 5.75 Å². The zero-order chi connectivity index (χ0) is 24.6. The van der Waals surface area contributed by atoms with E-state index < -0.39 is 52.6 Å². The van der Waals surface area contributed by atoms with Gasteiger partial charge in [0.2, 0.25) is 0 Å². The summed E-state index contributed by atoms with van der Waals surface area (Å²) in [7, 11) is 0. The van der Waals surface area contributed by atoms with E-state index in [0.717, 1.165) is 31.7 Å². The molecule has 1 N–H and O–H groups in total. The van der Waals surface area contributed by atoms with E-state index in [9.17, 15) is 35.8 Å². The van der Waals surface area contributed by atoms with E-state index in [1.165, 1.54) is 12.1 Å². The van der Waals surface area contributed by atoms with Crippen LogP contribution < -0.4 is 4.74 Å². The molecule has 0 aliphatic heterocycles. The minimum atomic E-state index is -4.58. The molecule has 0 spiro atoms. The molecule has 9 heteroatoms. The second-order valence-electron chi connectivity index (χ2n) is 8.24. The molecule has 34 heavy (non-hydrogen) atoms. The number of alkyl halides is 2. The van der Waals surface area contributed by atoms with Gasteiger partial charge in [-0.2, -0.15) is 8.78 Å². The lowest BCUT2D eigenvalue weighted by atomic mass is 9.92. The van der Waals surface area contributed by atoms with E-state index in [1.807, 2.05) is 0 Å². The predicted octanol–water partition coefficient (Wildman–Crippen LogP) is 7.40. The van der Waals surface area contributed by atoms with Crippen LogP contribution in [0.15, 0.2) is 48.5 Å². The molecule has 3 aromatic carbocycles. The number of rotatable bonds is 6. The molecule has 1 unspecified atom stereocenters. The highest BCUT2D eigenvalue weighted by atomic mass is 19.3. The van der Waals surface area contributed by atoms with E-state index in [2.05, 4.69) is 4.74 Å². The zero-order valence-corrected chi connectivity index (χ0v) is 17.6. The first kappa shape index (κ1) is 24.1. The molecule has 1 fully saturated rings. The Morgan fingerprint density at radius 2 is 1.41 bits per heavy atom. The third kappa shape index (κ3) is 4.75. The molecule has 2 nitrogen and oxygen atoms in total. The van der Waals surface area contributed by atoms with Crippen LogP contribution in [-0.2, 0) is 6.11 Å². The number of halogens is 7. The van der Waals surface area contributed by atoms with Gasteiger partial charge in [-0.05, 0) is 60.2 Å². The van der Waals surface area contributed by atoms with Crippen molar-refractivity contribution in [2.45, 2.75) is 37.9 Å². The molecule has 1 aliphatic rings. The topological polar surface area (TPSA) is 29.5 Å². The summed E-state index contributed by atoms with van der Waals surface area (Å²) in [6, 6.07) is 6.24. The van der Waals surface area contributed by atoms with Crippen LogP contribution in [0.4, 0.5) is 30.7 Å². The van der Waals surface area contributed by atoms with Crippen LogP contribution in [0.2, 0.25) is 0 Å². The molecule has 0 heterocycles. The standard InChI is InChI=1S/C25H19F7O2/c26-18-8-6-16(12-20(18)28)34-25(31,32)23-21(29)10-15(11-22(23)30)17-7-5-14(9-19(17)27)24(33)13-3-1-2-4-13/h5-13,24,33H,1-4H2. The fraction of sp³-hybridized carbons (Fsp3) is 0.280.